The molecule has 2 amide bonds. The second-order valence-electron chi connectivity index (χ2n) is 4.12. The largest absolute Gasteiger partial charge is 0.383 e. The van der Waals surface area contributed by atoms with Crippen LogP contribution in [0, 0.1) is 0 Å². The molecule has 0 unspecified atom stereocenters. The van der Waals surface area contributed by atoms with Gasteiger partial charge in [0.15, 0.2) is 0 Å². The highest BCUT2D eigenvalue weighted by Gasteiger charge is 2.03. The minimum atomic E-state index is -0.344. The van der Waals surface area contributed by atoms with Crippen LogP contribution in [0.5, 0.6) is 0 Å². The zero-order chi connectivity index (χ0) is 15.5. The van der Waals surface area contributed by atoms with E-state index in [1.807, 2.05) is 0 Å². The fourth-order valence-electron chi connectivity index (χ4n) is 1.49. The minimum absolute atomic E-state index is 0.0102. The molecule has 6 nitrogen and oxygen atoms in total. The summed E-state index contributed by atoms with van der Waals surface area (Å²) in [5, 5.41) is 5.10. The van der Waals surface area contributed by atoms with Crippen LogP contribution < -0.4 is 10.6 Å². The van der Waals surface area contributed by atoms with Crippen LogP contribution in [0.1, 0.15) is 15.9 Å². The van der Waals surface area contributed by atoms with E-state index in [2.05, 4.69) is 10.6 Å². The number of hydrogen-bond donors (Lipinski definition) is 2. The smallest absolute Gasteiger partial charge is 0.251 e. The predicted octanol–water partition coefficient (Wildman–Crippen LogP) is 0.391. The maximum absolute atomic E-state index is 11.7. The number of amides is 2. The number of hydrogen-bond acceptors (Lipinski definition) is 4. The summed E-state index contributed by atoms with van der Waals surface area (Å²) in [5.41, 5.74) is 1.32. The Hall–Kier alpha value is -2.47. The lowest BCUT2D eigenvalue weighted by Crippen LogP contribution is -2.26. The third kappa shape index (κ3) is 6.49. The summed E-state index contributed by atoms with van der Waals surface area (Å²) in [6.07, 6.45) is 3.55. The first-order valence-corrected chi connectivity index (χ1v) is 6.44. The van der Waals surface area contributed by atoms with Gasteiger partial charge in [0, 0.05) is 25.3 Å². The van der Waals surface area contributed by atoms with E-state index in [0.29, 0.717) is 25.0 Å². The summed E-state index contributed by atoms with van der Waals surface area (Å²) in [4.78, 5) is 33.1. The maximum Gasteiger partial charge on any atom is 0.251 e. The van der Waals surface area contributed by atoms with Crippen molar-refractivity contribution in [1.29, 1.82) is 0 Å². The Morgan fingerprint density at radius 3 is 2.52 bits per heavy atom. The lowest BCUT2D eigenvalue weighted by molar-refractivity contribution is -0.118. The van der Waals surface area contributed by atoms with E-state index in [-0.39, 0.29) is 18.4 Å². The molecular formula is C15H18N2O4. The molecule has 0 heterocycles. The van der Waals surface area contributed by atoms with E-state index in [1.165, 1.54) is 6.08 Å². The molecular weight excluding hydrogens is 272 g/mol. The number of carbonyl (C=O) groups is 3. The number of ether oxygens (including phenoxy) is 1. The quantitative estimate of drug-likeness (QED) is 0.412. The second-order valence-corrected chi connectivity index (χ2v) is 4.12. The molecule has 0 radical (unpaired) electrons. The molecule has 1 rings (SSSR count). The molecule has 0 aliphatic heterocycles. The van der Waals surface area contributed by atoms with Crippen molar-refractivity contribution >= 4 is 24.2 Å². The van der Waals surface area contributed by atoms with Crippen molar-refractivity contribution in [1.82, 2.24) is 10.6 Å². The number of nitrogens with one attached hydrogen (secondary N) is 2. The molecule has 1 aromatic carbocycles. The van der Waals surface area contributed by atoms with E-state index in [1.54, 1.807) is 37.5 Å². The van der Waals surface area contributed by atoms with Crippen molar-refractivity contribution in [3.8, 4) is 0 Å². The molecule has 112 valence electrons. The molecule has 0 aliphatic carbocycles. The van der Waals surface area contributed by atoms with Gasteiger partial charge in [0.2, 0.25) is 5.91 Å². The van der Waals surface area contributed by atoms with E-state index in [9.17, 15) is 14.4 Å². The normalized spacial score (nSPS) is 10.3. The Morgan fingerprint density at radius 2 is 1.90 bits per heavy atom. The van der Waals surface area contributed by atoms with Gasteiger partial charge in [-0.3, -0.25) is 9.59 Å². The molecule has 0 spiro atoms. The molecule has 0 fully saturated rings. The van der Waals surface area contributed by atoms with Crippen molar-refractivity contribution in [2.75, 3.05) is 26.8 Å². The molecule has 1 aromatic rings. The predicted molar refractivity (Wildman–Crippen MR) is 78.8 cm³/mol. The van der Waals surface area contributed by atoms with Gasteiger partial charge in [-0.05, 0) is 23.8 Å². The number of aldehydes is 1. The summed E-state index contributed by atoms with van der Waals surface area (Å²) < 4.78 is 4.85. The second kappa shape index (κ2) is 9.44. The number of rotatable bonds is 8. The average Bonchev–Trinajstić information content (AvgIpc) is 2.51. The van der Waals surface area contributed by atoms with E-state index in [0.717, 1.165) is 5.56 Å². The van der Waals surface area contributed by atoms with Gasteiger partial charge in [0.05, 0.1) is 13.2 Å². The summed E-state index contributed by atoms with van der Waals surface area (Å²) in [6, 6.07) is 6.81. The van der Waals surface area contributed by atoms with Crippen LogP contribution in [-0.2, 0) is 14.3 Å². The van der Waals surface area contributed by atoms with Crippen LogP contribution >= 0.6 is 0 Å². The standard InChI is InChI=1S/C15H18N2O4/c1-21-11-9-17-15(20)13-5-2-12(3-6-13)4-7-14(19)16-8-10-18/h2-7,10H,8-9,11H2,1H3,(H,16,19)(H,17,20). The van der Waals surface area contributed by atoms with Crippen molar-refractivity contribution in [3.63, 3.8) is 0 Å². The monoisotopic (exact) mass is 290 g/mol. The Bertz CT molecular complexity index is 509. The number of benzene rings is 1. The van der Waals surface area contributed by atoms with E-state index < -0.39 is 0 Å². The first kappa shape index (κ1) is 16.6. The highest BCUT2D eigenvalue weighted by Crippen LogP contribution is 2.06. The first-order valence-electron chi connectivity index (χ1n) is 6.44. The Kier molecular flexibility index (Phi) is 7.45. The van der Waals surface area contributed by atoms with Crippen LogP contribution in [0.15, 0.2) is 30.3 Å². The van der Waals surface area contributed by atoms with Crippen LogP contribution in [0.3, 0.4) is 0 Å². The highest BCUT2D eigenvalue weighted by atomic mass is 16.5. The zero-order valence-corrected chi connectivity index (χ0v) is 11.8. The molecule has 21 heavy (non-hydrogen) atoms. The minimum Gasteiger partial charge on any atom is -0.383 e. The zero-order valence-electron chi connectivity index (χ0n) is 11.8. The Labute approximate surface area is 123 Å². The first-order chi connectivity index (χ1) is 10.2. The van der Waals surface area contributed by atoms with Crippen molar-refractivity contribution in [2.24, 2.45) is 0 Å². The SMILES string of the molecule is COCCNC(=O)c1ccc(C=CC(=O)NCC=O)cc1. The number of carbonyl (C=O) groups excluding carboxylic acids is 3. The molecule has 0 bridgehead atoms. The lowest BCUT2D eigenvalue weighted by Gasteiger charge is -2.04. The molecule has 0 atom stereocenters. The number of methoxy groups -OCH3 is 1. The third-order valence-electron chi connectivity index (χ3n) is 2.55. The summed E-state index contributed by atoms with van der Waals surface area (Å²) in [7, 11) is 1.57. The third-order valence-corrected chi connectivity index (χ3v) is 2.55. The maximum atomic E-state index is 11.7. The van der Waals surface area contributed by atoms with Gasteiger partial charge in [-0.25, -0.2) is 0 Å². The summed E-state index contributed by atoms with van der Waals surface area (Å²) >= 11 is 0. The molecule has 0 saturated carbocycles. The highest BCUT2D eigenvalue weighted by molar-refractivity contribution is 5.95. The summed E-state index contributed by atoms with van der Waals surface area (Å²) in [5.74, 6) is -0.519. The van der Waals surface area contributed by atoms with Gasteiger partial charge >= 0.3 is 0 Å². The van der Waals surface area contributed by atoms with Crippen molar-refractivity contribution in [3.05, 3.63) is 41.5 Å². The van der Waals surface area contributed by atoms with Gasteiger partial charge in [0.25, 0.3) is 5.91 Å². The van der Waals surface area contributed by atoms with Gasteiger partial charge in [-0.1, -0.05) is 12.1 Å². The van der Waals surface area contributed by atoms with Gasteiger partial charge in [-0.2, -0.15) is 0 Å². The fraction of sp³-hybridized carbons (Fsp3) is 0.267. The van der Waals surface area contributed by atoms with Gasteiger partial charge < -0.3 is 20.2 Å². The molecule has 2 N–H and O–H groups in total. The van der Waals surface area contributed by atoms with Gasteiger partial charge in [0.1, 0.15) is 6.29 Å². The van der Waals surface area contributed by atoms with Crippen LogP contribution in [0.25, 0.3) is 6.08 Å². The fourth-order valence-corrected chi connectivity index (χ4v) is 1.49. The van der Waals surface area contributed by atoms with E-state index in [4.69, 9.17) is 4.74 Å². The molecule has 6 heteroatoms. The van der Waals surface area contributed by atoms with Crippen molar-refractivity contribution < 1.29 is 19.1 Å². The topological polar surface area (TPSA) is 84.5 Å². The average molecular weight is 290 g/mol. The van der Waals surface area contributed by atoms with E-state index >= 15 is 0 Å². The van der Waals surface area contributed by atoms with Crippen LogP contribution in [0.4, 0.5) is 0 Å². The van der Waals surface area contributed by atoms with Crippen LogP contribution in [0.2, 0.25) is 0 Å². The van der Waals surface area contributed by atoms with Gasteiger partial charge in [-0.15, -0.1) is 0 Å². The molecule has 0 aliphatic rings. The Morgan fingerprint density at radius 1 is 1.19 bits per heavy atom. The van der Waals surface area contributed by atoms with Crippen molar-refractivity contribution in [2.45, 2.75) is 0 Å². The Balaban J connectivity index is 2.53. The lowest BCUT2D eigenvalue weighted by atomic mass is 10.1. The van der Waals surface area contributed by atoms with Crippen LogP contribution in [-0.4, -0.2) is 44.9 Å². The molecule has 0 aromatic heterocycles. The summed E-state index contributed by atoms with van der Waals surface area (Å²) in [6.45, 7) is 0.903. The molecule has 0 saturated heterocycles.